The number of anilines is 1. The molecule has 0 bridgehead atoms. The summed E-state index contributed by atoms with van der Waals surface area (Å²) in [5.74, 6) is 2.24. The Morgan fingerprint density at radius 1 is 1.03 bits per heavy atom. The van der Waals surface area contributed by atoms with Gasteiger partial charge in [-0.15, -0.1) is 0 Å². The van der Waals surface area contributed by atoms with E-state index in [4.69, 9.17) is 9.47 Å². The maximum Gasteiger partial charge on any atom is 0.230 e. The Morgan fingerprint density at radius 2 is 1.72 bits per heavy atom. The van der Waals surface area contributed by atoms with Crippen molar-refractivity contribution in [2.24, 2.45) is 11.3 Å². The minimum absolute atomic E-state index is 0.0140. The molecule has 0 aromatic heterocycles. The lowest BCUT2D eigenvalue weighted by Crippen LogP contribution is -2.31. The lowest BCUT2D eigenvalue weighted by Gasteiger charge is -2.24. The van der Waals surface area contributed by atoms with Gasteiger partial charge in [-0.05, 0) is 74.1 Å². The van der Waals surface area contributed by atoms with Gasteiger partial charge in [-0.25, -0.2) is 0 Å². The van der Waals surface area contributed by atoms with Crippen LogP contribution in [0.2, 0.25) is 0 Å². The van der Waals surface area contributed by atoms with Gasteiger partial charge in [-0.3, -0.25) is 4.79 Å². The molecule has 0 heterocycles. The van der Waals surface area contributed by atoms with E-state index in [0.29, 0.717) is 19.1 Å². The van der Waals surface area contributed by atoms with Crippen LogP contribution in [-0.4, -0.2) is 19.1 Å². The number of benzene rings is 2. The number of nitrogens with one attached hydrogen (secondary N) is 1. The van der Waals surface area contributed by atoms with E-state index in [1.807, 2.05) is 45.0 Å². The second-order valence-electron chi connectivity index (χ2n) is 8.79. The quantitative estimate of drug-likeness (QED) is 0.488. The van der Waals surface area contributed by atoms with E-state index in [-0.39, 0.29) is 5.91 Å². The number of hydrogen-bond donors (Lipinski definition) is 1. The van der Waals surface area contributed by atoms with Crippen LogP contribution in [0.1, 0.15) is 51.7 Å². The fourth-order valence-corrected chi connectivity index (χ4v) is 2.87. The fourth-order valence-electron chi connectivity index (χ4n) is 2.87. The van der Waals surface area contributed by atoms with Crippen LogP contribution < -0.4 is 14.8 Å². The zero-order chi connectivity index (χ0) is 21.4. The van der Waals surface area contributed by atoms with Crippen molar-refractivity contribution in [1.82, 2.24) is 0 Å². The molecule has 158 valence electrons. The third-order valence-electron chi connectivity index (χ3n) is 4.86. The van der Waals surface area contributed by atoms with Crippen molar-refractivity contribution in [2.75, 3.05) is 18.5 Å². The van der Waals surface area contributed by atoms with Crippen LogP contribution in [0.5, 0.6) is 11.5 Å². The number of ether oxygens (including phenoxy) is 2. The Morgan fingerprint density at radius 3 is 2.38 bits per heavy atom. The molecule has 2 rings (SSSR count). The van der Waals surface area contributed by atoms with Crippen molar-refractivity contribution in [2.45, 2.75) is 54.4 Å². The van der Waals surface area contributed by atoms with Crippen LogP contribution in [0.4, 0.5) is 5.69 Å². The predicted octanol–water partition coefficient (Wildman–Crippen LogP) is 6.16. The van der Waals surface area contributed by atoms with E-state index >= 15 is 0 Å². The molecule has 0 aliphatic heterocycles. The average molecular weight is 398 g/mol. The minimum atomic E-state index is -0.474. The number of hydrogen-bond acceptors (Lipinski definition) is 3. The van der Waals surface area contributed by atoms with Gasteiger partial charge < -0.3 is 14.8 Å². The van der Waals surface area contributed by atoms with Crippen LogP contribution in [-0.2, 0) is 4.79 Å². The van der Waals surface area contributed by atoms with Gasteiger partial charge >= 0.3 is 0 Å². The molecule has 4 nitrogen and oxygen atoms in total. The number of carbonyl (C=O) groups is 1. The summed E-state index contributed by atoms with van der Waals surface area (Å²) in [7, 11) is 0. The molecule has 4 heteroatoms. The zero-order valence-corrected chi connectivity index (χ0v) is 18.7. The van der Waals surface area contributed by atoms with E-state index in [0.717, 1.165) is 35.6 Å². The Bertz CT molecular complexity index is 794. The number of rotatable bonds is 10. The zero-order valence-electron chi connectivity index (χ0n) is 18.7. The number of amides is 1. The smallest absolute Gasteiger partial charge is 0.230 e. The van der Waals surface area contributed by atoms with Crippen LogP contribution >= 0.6 is 0 Å². The highest BCUT2D eigenvalue weighted by Gasteiger charge is 2.27. The molecule has 1 amide bonds. The molecule has 0 saturated carbocycles. The standard InChI is InChI=1S/C25H35NO3/c1-18(2)17-29-22-12-10-21(11-13-22)26-24(27)25(5,6)14-7-15-28-23-16-19(3)8-9-20(23)4/h8-13,16,18H,7,14-15,17H2,1-6H3,(H,26,27). The van der Waals surface area contributed by atoms with Crippen LogP contribution in [0.25, 0.3) is 0 Å². The first kappa shape index (κ1) is 22.8. The van der Waals surface area contributed by atoms with Gasteiger partial charge in [-0.2, -0.15) is 0 Å². The predicted molar refractivity (Wildman–Crippen MR) is 120 cm³/mol. The summed E-state index contributed by atoms with van der Waals surface area (Å²) < 4.78 is 11.6. The van der Waals surface area contributed by atoms with Gasteiger partial charge in [0.15, 0.2) is 0 Å². The lowest BCUT2D eigenvalue weighted by molar-refractivity contribution is -0.124. The molecule has 0 atom stereocenters. The Balaban J connectivity index is 1.80. The van der Waals surface area contributed by atoms with Gasteiger partial charge in [0.2, 0.25) is 5.91 Å². The summed E-state index contributed by atoms with van der Waals surface area (Å²) in [6, 6.07) is 13.8. The fraction of sp³-hybridized carbons (Fsp3) is 0.480. The van der Waals surface area contributed by atoms with E-state index in [1.165, 1.54) is 5.56 Å². The van der Waals surface area contributed by atoms with Crippen LogP contribution in [0, 0.1) is 25.2 Å². The minimum Gasteiger partial charge on any atom is -0.493 e. The normalized spacial score (nSPS) is 11.4. The van der Waals surface area contributed by atoms with Gasteiger partial charge in [0.25, 0.3) is 0 Å². The molecule has 0 aliphatic rings. The summed E-state index contributed by atoms with van der Waals surface area (Å²) in [5, 5.41) is 3.01. The van der Waals surface area contributed by atoms with Crippen molar-refractivity contribution in [3.05, 3.63) is 53.6 Å². The second-order valence-corrected chi connectivity index (χ2v) is 8.79. The van der Waals surface area contributed by atoms with E-state index < -0.39 is 5.41 Å². The number of aryl methyl sites for hydroxylation is 2. The molecule has 0 unspecified atom stereocenters. The summed E-state index contributed by atoms with van der Waals surface area (Å²) in [5.41, 5.74) is 2.63. The van der Waals surface area contributed by atoms with Crippen molar-refractivity contribution >= 4 is 11.6 Å². The van der Waals surface area contributed by atoms with E-state index in [1.54, 1.807) is 0 Å². The van der Waals surface area contributed by atoms with Crippen molar-refractivity contribution in [3.8, 4) is 11.5 Å². The van der Waals surface area contributed by atoms with Gasteiger partial charge in [0, 0.05) is 11.1 Å². The van der Waals surface area contributed by atoms with Gasteiger partial charge in [-0.1, -0.05) is 39.8 Å². The molecule has 0 saturated heterocycles. The molecular formula is C25H35NO3. The molecule has 0 aliphatic carbocycles. The maximum absolute atomic E-state index is 12.7. The maximum atomic E-state index is 12.7. The number of carbonyl (C=O) groups excluding carboxylic acids is 1. The SMILES string of the molecule is Cc1ccc(C)c(OCCCC(C)(C)C(=O)Nc2ccc(OCC(C)C)cc2)c1. The monoisotopic (exact) mass is 397 g/mol. The van der Waals surface area contributed by atoms with Gasteiger partial charge in [0.05, 0.1) is 13.2 Å². The van der Waals surface area contributed by atoms with Crippen LogP contribution in [0.3, 0.4) is 0 Å². The second kappa shape index (κ2) is 10.3. The van der Waals surface area contributed by atoms with Crippen LogP contribution in [0.15, 0.2) is 42.5 Å². The van der Waals surface area contributed by atoms with Crippen molar-refractivity contribution < 1.29 is 14.3 Å². The van der Waals surface area contributed by atoms with Crippen molar-refractivity contribution in [1.29, 1.82) is 0 Å². The summed E-state index contributed by atoms with van der Waals surface area (Å²) in [6.45, 7) is 13.6. The van der Waals surface area contributed by atoms with E-state index in [2.05, 4.69) is 44.3 Å². The molecule has 0 spiro atoms. The first-order valence-corrected chi connectivity index (χ1v) is 10.4. The van der Waals surface area contributed by atoms with E-state index in [9.17, 15) is 4.79 Å². The third kappa shape index (κ3) is 7.45. The average Bonchev–Trinajstić information content (AvgIpc) is 2.67. The van der Waals surface area contributed by atoms with Gasteiger partial charge in [0.1, 0.15) is 11.5 Å². The summed E-state index contributed by atoms with van der Waals surface area (Å²) in [4.78, 5) is 12.7. The largest absolute Gasteiger partial charge is 0.493 e. The highest BCUT2D eigenvalue weighted by molar-refractivity contribution is 5.94. The molecule has 29 heavy (non-hydrogen) atoms. The third-order valence-corrected chi connectivity index (χ3v) is 4.86. The summed E-state index contributed by atoms with van der Waals surface area (Å²) in [6.07, 6.45) is 1.56. The highest BCUT2D eigenvalue weighted by Crippen LogP contribution is 2.26. The Labute approximate surface area is 175 Å². The first-order valence-electron chi connectivity index (χ1n) is 10.4. The molecule has 0 fully saturated rings. The summed E-state index contributed by atoms with van der Waals surface area (Å²) >= 11 is 0. The lowest BCUT2D eigenvalue weighted by atomic mass is 9.87. The Hall–Kier alpha value is -2.49. The molecule has 2 aromatic carbocycles. The first-order chi connectivity index (χ1) is 13.7. The topological polar surface area (TPSA) is 47.6 Å². The molecule has 1 N–H and O–H groups in total. The molecule has 2 aromatic rings. The highest BCUT2D eigenvalue weighted by atomic mass is 16.5. The van der Waals surface area contributed by atoms with Crippen molar-refractivity contribution in [3.63, 3.8) is 0 Å². The molecule has 0 radical (unpaired) electrons. The Kier molecular flexibility index (Phi) is 8.12. The molecular weight excluding hydrogens is 362 g/mol.